The maximum Gasteiger partial charge on any atom is 0.316 e. The normalized spacial score (nSPS) is 11.9. The molecule has 0 aromatic heterocycles. The molecule has 0 aliphatic carbocycles. The quantitative estimate of drug-likeness (QED) is 0.370. The van der Waals surface area contributed by atoms with E-state index in [1.165, 1.54) is 37.4 Å². The van der Waals surface area contributed by atoms with Gasteiger partial charge in [-0.3, -0.25) is 4.57 Å². The van der Waals surface area contributed by atoms with Crippen LogP contribution in [0.25, 0.3) is 0 Å². The van der Waals surface area contributed by atoms with Crippen LogP contribution in [0.1, 0.15) is 52.0 Å². The van der Waals surface area contributed by atoms with Crippen molar-refractivity contribution in [2.45, 2.75) is 52.2 Å². The minimum atomic E-state index is -2.72. The average molecular weight is 390 g/mol. The van der Waals surface area contributed by atoms with E-state index in [1.54, 1.807) is 0 Å². The lowest BCUT2D eigenvalue weighted by molar-refractivity contribution is 0.274. The van der Waals surface area contributed by atoms with Gasteiger partial charge in [0.1, 0.15) is 0 Å². The molecule has 0 saturated carbocycles. The molecule has 0 fully saturated rings. The topological polar surface area (TPSA) is 49.8 Å². The van der Waals surface area contributed by atoms with Crippen LogP contribution < -0.4 is 0 Å². The first-order valence-corrected chi connectivity index (χ1v) is 11.8. The van der Waals surface area contributed by atoms with Crippen LogP contribution in [0.2, 0.25) is 0 Å². The van der Waals surface area contributed by atoms with Crippen molar-refractivity contribution >= 4 is 20.0 Å². The van der Waals surface area contributed by atoms with Gasteiger partial charge in [-0.2, -0.15) is 11.8 Å². The zero-order valence-electron chi connectivity index (χ0n) is 16.1. The molecule has 0 bridgehead atoms. The molecule has 1 aromatic rings. The summed E-state index contributed by atoms with van der Waals surface area (Å²) in [5.74, 6) is 2.25. The van der Waals surface area contributed by atoms with Gasteiger partial charge >= 0.3 is 8.25 Å². The van der Waals surface area contributed by atoms with Gasteiger partial charge in [0.15, 0.2) is 0 Å². The van der Waals surface area contributed by atoms with E-state index in [1.807, 2.05) is 17.8 Å². The van der Waals surface area contributed by atoms with E-state index in [0.29, 0.717) is 6.61 Å². The Labute approximate surface area is 159 Å². The first kappa shape index (κ1) is 24.7. The molecule has 6 heteroatoms. The molecule has 25 heavy (non-hydrogen) atoms. The van der Waals surface area contributed by atoms with Crippen molar-refractivity contribution in [3.05, 3.63) is 35.9 Å². The standard InChI is InChI=1S/C13H21O3PS.C6H15N/c14-17(15)16-10-6-1-2-7-11-18-12-13-8-4-3-5-9-13;1-4-7(5-2)6-3/h3-5,8-9,17H,1-2,6-7,10-12H2,(H,14,15);4-6H2,1-3H3. The molecule has 1 N–H and O–H groups in total. The highest BCUT2D eigenvalue weighted by molar-refractivity contribution is 7.98. The molecule has 1 unspecified atom stereocenters. The van der Waals surface area contributed by atoms with Crippen molar-refractivity contribution < 1.29 is 14.0 Å². The van der Waals surface area contributed by atoms with Gasteiger partial charge in [0.25, 0.3) is 0 Å². The first-order chi connectivity index (χ1) is 12.1. The van der Waals surface area contributed by atoms with Gasteiger partial charge in [0, 0.05) is 5.75 Å². The van der Waals surface area contributed by atoms with E-state index in [4.69, 9.17) is 4.89 Å². The van der Waals surface area contributed by atoms with E-state index < -0.39 is 8.25 Å². The summed E-state index contributed by atoms with van der Waals surface area (Å²) in [4.78, 5) is 10.8. The largest absolute Gasteiger partial charge is 0.326 e. The SMILES string of the molecule is CCN(CC)CC.O=[PH](O)OCCCCCCSCc1ccccc1. The van der Waals surface area contributed by atoms with Crippen molar-refractivity contribution in [2.75, 3.05) is 32.0 Å². The van der Waals surface area contributed by atoms with Gasteiger partial charge in [-0.1, -0.05) is 63.9 Å². The summed E-state index contributed by atoms with van der Waals surface area (Å²) in [7, 11) is -2.72. The fourth-order valence-electron chi connectivity index (χ4n) is 2.25. The maximum atomic E-state index is 10.3. The number of hydrogen-bond acceptors (Lipinski definition) is 4. The average Bonchev–Trinajstić information content (AvgIpc) is 2.63. The number of rotatable bonds is 13. The second-order valence-electron chi connectivity index (χ2n) is 5.69. The molecule has 1 atom stereocenters. The van der Waals surface area contributed by atoms with Crippen molar-refractivity contribution in [3.8, 4) is 0 Å². The summed E-state index contributed by atoms with van der Waals surface area (Å²) in [6, 6.07) is 10.5. The maximum absolute atomic E-state index is 10.3. The van der Waals surface area contributed by atoms with Crippen LogP contribution in [0.15, 0.2) is 30.3 Å². The molecule has 0 saturated heterocycles. The van der Waals surface area contributed by atoms with Crippen LogP contribution >= 0.6 is 20.0 Å². The Morgan fingerprint density at radius 2 is 1.60 bits per heavy atom. The molecule has 0 heterocycles. The lowest BCUT2D eigenvalue weighted by Crippen LogP contribution is -2.21. The van der Waals surface area contributed by atoms with Crippen LogP contribution in [0.4, 0.5) is 0 Å². The minimum Gasteiger partial charge on any atom is -0.326 e. The van der Waals surface area contributed by atoms with Crippen molar-refractivity contribution in [2.24, 2.45) is 0 Å². The van der Waals surface area contributed by atoms with E-state index in [-0.39, 0.29) is 0 Å². The number of benzene rings is 1. The monoisotopic (exact) mass is 389 g/mol. The van der Waals surface area contributed by atoms with Crippen molar-refractivity contribution in [1.29, 1.82) is 0 Å². The second kappa shape index (κ2) is 18.5. The van der Waals surface area contributed by atoms with Gasteiger partial charge in [0.2, 0.25) is 0 Å². The van der Waals surface area contributed by atoms with Gasteiger partial charge < -0.3 is 14.3 Å². The van der Waals surface area contributed by atoms with E-state index in [2.05, 4.69) is 54.5 Å². The fourth-order valence-corrected chi connectivity index (χ4v) is 3.55. The molecule has 0 radical (unpaired) electrons. The third-order valence-corrected chi connectivity index (χ3v) is 5.43. The summed E-state index contributed by atoms with van der Waals surface area (Å²) >= 11 is 1.96. The lowest BCUT2D eigenvalue weighted by atomic mass is 10.2. The number of hydrogen-bond donors (Lipinski definition) is 1. The zero-order valence-corrected chi connectivity index (χ0v) is 17.9. The van der Waals surface area contributed by atoms with Crippen LogP contribution in [-0.2, 0) is 14.8 Å². The van der Waals surface area contributed by atoms with Gasteiger partial charge in [-0.05, 0) is 43.8 Å². The Morgan fingerprint density at radius 3 is 2.12 bits per heavy atom. The Morgan fingerprint density at radius 1 is 1.00 bits per heavy atom. The summed E-state index contributed by atoms with van der Waals surface area (Å²) in [5, 5.41) is 0. The molecular formula is C19H36NO3PS. The Hall–Kier alpha value is -0.320. The molecule has 0 spiro atoms. The lowest BCUT2D eigenvalue weighted by Gasteiger charge is -2.13. The zero-order chi connectivity index (χ0) is 18.8. The predicted molar refractivity (Wildman–Crippen MR) is 112 cm³/mol. The molecule has 1 aromatic carbocycles. The second-order valence-corrected chi connectivity index (χ2v) is 7.61. The van der Waals surface area contributed by atoms with Gasteiger partial charge in [-0.25, -0.2) is 0 Å². The molecule has 0 aliphatic heterocycles. The van der Waals surface area contributed by atoms with E-state index in [9.17, 15) is 4.57 Å². The van der Waals surface area contributed by atoms with E-state index in [0.717, 1.165) is 25.0 Å². The fraction of sp³-hybridized carbons (Fsp3) is 0.684. The van der Waals surface area contributed by atoms with Crippen LogP contribution in [0.5, 0.6) is 0 Å². The Bertz CT molecular complexity index is 411. The molecule has 1 rings (SSSR count). The van der Waals surface area contributed by atoms with Crippen molar-refractivity contribution in [3.63, 3.8) is 0 Å². The highest BCUT2D eigenvalue weighted by atomic mass is 32.2. The summed E-state index contributed by atoms with van der Waals surface area (Å²) in [5.41, 5.74) is 1.38. The minimum absolute atomic E-state index is 0.408. The van der Waals surface area contributed by atoms with E-state index >= 15 is 0 Å². The third-order valence-electron chi connectivity index (χ3n) is 3.86. The number of unbranched alkanes of at least 4 members (excludes halogenated alkanes) is 3. The Balaban J connectivity index is 0.000000697. The summed E-state index contributed by atoms with van der Waals surface area (Å²) in [6.45, 7) is 10.5. The first-order valence-electron chi connectivity index (χ1n) is 9.33. The third kappa shape index (κ3) is 16.9. The summed E-state index contributed by atoms with van der Waals surface area (Å²) in [6.07, 6.45) is 4.31. The van der Waals surface area contributed by atoms with Gasteiger partial charge in [-0.15, -0.1) is 0 Å². The highest BCUT2D eigenvalue weighted by Gasteiger charge is 1.95. The summed E-state index contributed by atoms with van der Waals surface area (Å²) < 4.78 is 14.9. The smallest absolute Gasteiger partial charge is 0.316 e. The molecule has 0 aliphatic rings. The van der Waals surface area contributed by atoms with Crippen molar-refractivity contribution in [1.82, 2.24) is 4.90 Å². The molecule has 0 amide bonds. The molecule has 146 valence electrons. The predicted octanol–water partition coefficient (Wildman–Crippen LogP) is 5.23. The molecule has 4 nitrogen and oxygen atoms in total. The number of nitrogens with zero attached hydrogens (tertiary/aromatic N) is 1. The number of thioether (sulfide) groups is 1. The van der Waals surface area contributed by atoms with Crippen LogP contribution in [-0.4, -0.2) is 41.8 Å². The van der Waals surface area contributed by atoms with Crippen LogP contribution in [0, 0.1) is 0 Å². The molecular weight excluding hydrogens is 353 g/mol. The van der Waals surface area contributed by atoms with Crippen LogP contribution in [0.3, 0.4) is 0 Å². The highest BCUT2D eigenvalue weighted by Crippen LogP contribution is 2.17. The van der Waals surface area contributed by atoms with Gasteiger partial charge in [0.05, 0.1) is 6.61 Å². The Kier molecular flexibility index (Phi) is 18.2.